The number of rotatable bonds is 4. The minimum Gasteiger partial charge on any atom is -0.286 e. The Hall–Kier alpha value is -1.39. The standard InChI is InChI=1S/C13H17N3S/c1-3-8-16(14)13-15-12(9-17-13)11-7-5-4-6-10(11)2/h4-7,9H,3,8,14H2,1-2H3. The molecule has 2 N–H and O–H groups in total. The van der Waals surface area contributed by atoms with Gasteiger partial charge in [-0.15, -0.1) is 11.3 Å². The highest BCUT2D eigenvalue weighted by Crippen LogP contribution is 2.28. The summed E-state index contributed by atoms with van der Waals surface area (Å²) in [6.45, 7) is 5.04. The number of anilines is 1. The predicted octanol–water partition coefficient (Wildman–Crippen LogP) is 3.21. The molecule has 0 fully saturated rings. The van der Waals surface area contributed by atoms with Crippen molar-refractivity contribution in [1.29, 1.82) is 0 Å². The zero-order valence-corrected chi connectivity index (χ0v) is 11.0. The second-order valence-electron chi connectivity index (χ2n) is 4.02. The lowest BCUT2D eigenvalue weighted by atomic mass is 10.1. The topological polar surface area (TPSA) is 42.1 Å². The van der Waals surface area contributed by atoms with Crippen LogP contribution in [0.1, 0.15) is 18.9 Å². The molecule has 0 spiro atoms. The smallest absolute Gasteiger partial charge is 0.200 e. The van der Waals surface area contributed by atoms with Crippen molar-refractivity contribution in [2.75, 3.05) is 11.6 Å². The lowest BCUT2D eigenvalue weighted by molar-refractivity contribution is 0.801. The Labute approximate surface area is 106 Å². The van der Waals surface area contributed by atoms with Gasteiger partial charge in [-0.3, -0.25) is 5.01 Å². The van der Waals surface area contributed by atoms with Crippen LogP contribution in [0.3, 0.4) is 0 Å². The summed E-state index contributed by atoms with van der Waals surface area (Å²) in [5.41, 5.74) is 3.43. The molecule has 1 heterocycles. The van der Waals surface area contributed by atoms with E-state index in [2.05, 4.69) is 36.3 Å². The van der Waals surface area contributed by atoms with E-state index < -0.39 is 0 Å². The van der Waals surface area contributed by atoms with E-state index in [9.17, 15) is 0 Å². The van der Waals surface area contributed by atoms with Gasteiger partial charge < -0.3 is 0 Å². The third kappa shape index (κ3) is 2.65. The van der Waals surface area contributed by atoms with E-state index in [1.165, 1.54) is 11.1 Å². The molecule has 2 aromatic rings. The summed E-state index contributed by atoms with van der Waals surface area (Å²) in [5, 5.41) is 4.66. The van der Waals surface area contributed by atoms with E-state index in [1.807, 2.05) is 12.1 Å². The number of benzene rings is 1. The van der Waals surface area contributed by atoms with Gasteiger partial charge in [-0.05, 0) is 18.9 Å². The summed E-state index contributed by atoms with van der Waals surface area (Å²) in [7, 11) is 0. The van der Waals surface area contributed by atoms with E-state index in [-0.39, 0.29) is 0 Å². The lowest BCUT2D eigenvalue weighted by Gasteiger charge is -2.12. The predicted molar refractivity (Wildman–Crippen MR) is 74.1 cm³/mol. The Balaban J connectivity index is 2.27. The van der Waals surface area contributed by atoms with E-state index in [4.69, 9.17) is 5.84 Å². The summed E-state index contributed by atoms with van der Waals surface area (Å²) in [6, 6.07) is 8.27. The van der Waals surface area contributed by atoms with E-state index in [1.54, 1.807) is 16.3 Å². The Morgan fingerprint density at radius 2 is 2.12 bits per heavy atom. The van der Waals surface area contributed by atoms with Gasteiger partial charge in [-0.25, -0.2) is 10.8 Å². The van der Waals surface area contributed by atoms with Gasteiger partial charge in [-0.1, -0.05) is 31.2 Å². The second-order valence-corrected chi connectivity index (χ2v) is 4.86. The normalized spacial score (nSPS) is 10.5. The molecule has 0 amide bonds. The van der Waals surface area contributed by atoms with Gasteiger partial charge in [-0.2, -0.15) is 0 Å². The van der Waals surface area contributed by atoms with Crippen LogP contribution in [0.15, 0.2) is 29.6 Å². The minimum atomic E-state index is 0.834. The maximum absolute atomic E-state index is 5.92. The fourth-order valence-corrected chi connectivity index (χ4v) is 2.49. The van der Waals surface area contributed by atoms with Crippen LogP contribution in [0.25, 0.3) is 11.3 Å². The molecule has 0 aliphatic carbocycles. The average Bonchev–Trinajstić information content (AvgIpc) is 2.79. The van der Waals surface area contributed by atoms with Crippen LogP contribution in [0.5, 0.6) is 0 Å². The maximum Gasteiger partial charge on any atom is 0.200 e. The molecular weight excluding hydrogens is 230 g/mol. The van der Waals surface area contributed by atoms with Crippen molar-refractivity contribution in [2.45, 2.75) is 20.3 Å². The van der Waals surface area contributed by atoms with Crippen LogP contribution in [-0.2, 0) is 0 Å². The van der Waals surface area contributed by atoms with Crippen molar-refractivity contribution in [3.63, 3.8) is 0 Å². The van der Waals surface area contributed by atoms with Crippen LogP contribution in [0.2, 0.25) is 0 Å². The molecule has 0 radical (unpaired) electrons. The summed E-state index contributed by atoms with van der Waals surface area (Å²) in [6.07, 6.45) is 1.02. The van der Waals surface area contributed by atoms with Crippen molar-refractivity contribution in [1.82, 2.24) is 4.98 Å². The minimum absolute atomic E-state index is 0.834. The zero-order chi connectivity index (χ0) is 12.3. The van der Waals surface area contributed by atoms with Crippen molar-refractivity contribution >= 4 is 16.5 Å². The maximum atomic E-state index is 5.92. The number of aryl methyl sites for hydroxylation is 1. The Bertz CT molecular complexity index is 493. The quantitative estimate of drug-likeness (QED) is 0.666. The molecule has 0 saturated carbocycles. The molecule has 1 aromatic heterocycles. The molecule has 0 atom stereocenters. The molecule has 90 valence electrons. The van der Waals surface area contributed by atoms with Crippen LogP contribution in [-0.4, -0.2) is 11.5 Å². The largest absolute Gasteiger partial charge is 0.286 e. The molecule has 2 rings (SSSR count). The summed E-state index contributed by atoms with van der Waals surface area (Å²) in [4.78, 5) is 4.58. The number of hydrazine groups is 1. The SMILES string of the molecule is CCCN(N)c1nc(-c2ccccc2C)cs1. The molecule has 0 bridgehead atoms. The molecule has 17 heavy (non-hydrogen) atoms. The lowest BCUT2D eigenvalue weighted by Crippen LogP contribution is -2.31. The van der Waals surface area contributed by atoms with Crippen molar-refractivity contribution < 1.29 is 0 Å². The third-order valence-corrected chi connectivity index (χ3v) is 3.50. The van der Waals surface area contributed by atoms with E-state index >= 15 is 0 Å². The van der Waals surface area contributed by atoms with Gasteiger partial charge >= 0.3 is 0 Å². The van der Waals surface area contributed by atoms with Crippen LogP contribution in [0.4, 0.5) is 5.13 Å². The van der Waals surface area contributed by atoms with Gasteiger partial charge in [0, 0.05) is 17.5 Å². The van der Waals surface area contributed by atoms with Crippen LogP contribution >= 0.6 is 11.3 Å². The first-order valence-electron chi connectivity index (χ1n) is 5.76. The number of nitrogens with two attached hydrogens (primary N) is 1. The summed E-state index contributed by atoms with van der Waals surface area (Å²) < 4.78 is 0. The molecule has 4 heteroatoms. The van der Waals surface area contributed by atoms with Crippen molar-refractivity contribution in [3.05, 3.63) is 35.2 Å². The van der Waals surface area contributed by atoms with Gasteiger partial charge in [0.15, 0.2) is 5.13 Å². The van der Waals surface area contributed by atoms with E-state index in [0.29, 0.717) is 0 Å². The number of aromatic nitrogens is 1. The number of thiazole rings is 1. The number of hydrogen-bond acceptors (Lipinski definition) is 4. The fourth-order valence-electron chi connectivity index (χ4n) is 1.72. The fraction of sp³-hybridized carbons (Fsp3) is 0.308. The first-order chi connectivity index (χ1) is 8.22. The highest BCUT2D eigenvalue weighted by atomic mass is 32.1. The Kier molecular flexibility index (Phi) is 3.76. The number of hydrogen-bond donors (Lipinski definition) is 1. The highest BCUT2D eigenvalue weighted by Gasteiger charge is 2.09. The second kappa shape index (κ2) is 5.29. The zero-order valence-electron chi connectivity index (χ0n) is 10.2. The number of nitrogens with zero attached hydrogens (tertiary/aromatic N) is 2. The van der Waals surface area contributed by atoms with Crippen molar-refractivity contribution in [3.8, 4) is 11.3 Å². The molecular formula is C13H17N3S. The summed E-state index contributed by atoms with van der Waals surface area (Å²) >= 11 is 1.59. The van der Waals surface area contributed by atoms with Crippen LogP contribution in [0, 0.1) is 6.92 Å². The average molecular weight is 247 g/mol. The van der Waals surface area contributed by atoms with Crippen LogP contribution < -0.4 is 10.9 Å². The molecule has 1 aromatic carbocycles. The molecule has 3 nitrogen and oxygen atoms in total. The first-order valence-corrected chi connectivity index (χ1v) is 6.64. The van der Waals surface area contributed by atoms with Gasteiger partial charge in [0.2, 0.25) is 0 Å². The summed E-state index contributed by atoms with van der Waals surface area (Å²) in [5.74, 6) is 5.92. The Morgan fingerprint density at radius 1 is 1.35 bits per heavy atom. The third-order valence-electron chi connectivity index (χ3n) is 2.62. The molecule has 0 unspecified atom stereocenters. The van der Waals surface area contributed by atoms with Gasteiger partial charge in [0.1, 0.15) is 0 Å². The van der Waals surface area contributed by atoms with E-state index in [0.717, 1.165) is 23.8 Å². The Morgan fingerprint density at radius 3 is 2.82 bits per heavy atom. The monoisotopic (exact) mass is 247 g/mol. The van der Waals surface area contributed by atoms with Gasteiger partial charge in [0.05, 0.1) is 5.69 Å². The van der Waals surface area contributed by atoms with Gasteiger partial charge in [0.25, 0.3) is 0 Å². The van der Waals surface area contributed by atoms with Crippen molar-refractivity contribution in [2.24, 2.45) is 5.84 Å². The molecule has 0 aliphatic rings. The molecule has 0 saturated heterocycles. The first kappa shape index (κ1) is 12.1. The highest BCUT2D eigenvalue weighted by molar-refractivity contribution is 7.14. The molecule has 0 aliphatic heterocycles.